The summed E-state index contributed by atoms with van der Waals surface area (Å²) >= 11 is 0. The Labute approximate surface area is 246 Å². The highest BCUT2D eigenvalue weighted by Crippen LogP contribution is 2.41. The average molecular weight is 579 g/mol. The van der Waals surface area contributed by atoms with E-state index >= 15 is 4.39 Å². The molecule has 2 aromatic carbocycles. The van der Waals surface area contributed by atoms with Crippen molar-refractivity contribution >= 4 is 33.3 Å². The number of aromatic amines is 1. The van der Waals surface area contributed by atoms with Gasteiger partial charge in [-0.15, -0.1) is 0 Å². The molecule has 0 spiro atoms. The number of hydrogen-bond acceptors (Lipinski definition) is 7. The third kappa shape index (κ3) is 4.45. The van der Waals surface area contributed by atoms with Gasteiger partial charge in [0.2, 0.25) is 5.95 Å². The number of fused-ring (bicyclic) bond motifs is 2. The van der Waals surface area contributed by atoms with Gasteiger partial charge in [0, 0.05) is 47.9 Å². The lowest BCUT2D eigenvalue weighted by Crippen LogP contribution is -2.46. The lowest BCUT2D eigenvalue weighted by molar-refractivity contribution is -0.140. The van der Waals surface area contributed by atoms with Crippen molar-refractivity contribution in [3.8, 4) is 16.9 Å². The molecule has 1 unspecified atom stereocenters. The number of aromatic nitrogens is 4. The van der Waals surface area contributed by atoms with E-state index < -0.39 is 11.4 Å². The first-order chi connectivity index (χ1) is 21.0. The highest BCUT2D eigenvalue weighted by atomic mass is 19.1. The number of rotatable bonds is 6. The van der Waals surface area contributed by atoms with Crippen LogP contribution in [0.3, 0.4) is 0 Å². The van der Waals surface area contributed by atoms with Crippen molar-refractivity contribution in [2.24, 2.45) is 0 Å². The SMILES string of the molecule is Nc1nc(-c2cccc(-n3ccc4cc(C5CC5)cc(F)c4c3=O)c2CO)c2cc(C3=CCN(C4CCO4)CC3)[nH]c2n1. The van der Waals surface area contributed by atoms with E-state index in [4.69, 9.17) is 10.5 Å². The topological polar surface area (TPSA) is 122 Å². The highest BCUT2D eigenvalue weighted by Gasteiger charge is 2.28. The van der Waals surface area contributed by atoms with Crippen molar-refractivity contribution in [1.82, 2.24) is 24.4 Å². The molecule has 0 radical (unpaired) electrons. The molecular weight excluding hydrogens is 547 g/mol. The fourth-order valence-corrected chi connectivity index (χ4v) is 6.49. The number of nitrogen functional groups attached to an aromatic ring is 1. The first-order valence-electron chi connectivity index (χ1n) is 14.8. The van der Waals surface area contributed by atoms with Gasteiger partial charge < -0.3 is 20.6 Å². The number of nitrogens with two attached hydrogens (primary N) is 1. The zero-order valence-corrected chi connectivity index (χ0v) is 23.5. The van der Waals surface area contributed by atoms with Crippen molar-refractivity contribution in [1.29, 1.82) is 0 Å². The predicted octanol–water partition coefficient (Wildman–Crippen LogP) is 4.86. The third-order valence-electron chi connectivity index (χ3n) is 9.03. The van der Waals surface area contributed by atoms with Crippen LogP contribution in [0.4, 0.5) is 10.3 Å². The Morgan fingerprint density at radius 1 is 1.14 bits per heavy atom. The fraction of sp³-hybridized carbons (Fsp3) is 0.303. The van der Waals surface area contributed by atoms with Gasteiger partial charge in [-0.05, 0) is 66.0 Å². The quantitative estimate of drug-likeness (QED) is 0.263. The van der Waals surface area contributed by atoms with Crippen LogP contribution >= 0.6 is 0 Å². The van der Waals surface area contributed by atoms with Crippen LogP contribution in [0.25, 0.3) is 44.3 Å². The Morgan fingerprint density at radius 3 is 2.72 bits per heavy atom. The number of H-pyrrole nitrogens is 1. The summed E-state index contributed by atoms with van der Waals surface area (Å²) in [4.78, 5) is 28.5. The number of pyridine rings is 1. The van der Waals surface area contributed by atoms with E-state index in [-0.39, 0.29) is 24.2 Å². The molecule has 3 aliphatic rings. The molecule has 2 aliphatic heterocycles. The summed E-state index contributed by atoms with van der Waals surface area (Å²) in [6, 6.07) is 12.6. The number of aliphatic hydroxyl groups is 1. The smallest absolute Gasteiger partial charge is 0.265 e. The maximum Gasteiger partial charge on any atom is 0.265 e. The van der Waals surface area contributed by atoms with Crippen LogP contribution < -0.4 is 11.3 Å². The van der Waals surface area contributed by atoms with E-state index in [0.29, 0.717) is 39.5 Å². The Balaban J connectivity index is 1.22. The van der Waals surface area contributed by atoms with E-state index in [2.05, 4.69) is 25.9 Å². The fourth-order valence-electron chi connectivity index (χ4n) is 6.49. The van der Waals surface area contributed by atoms with Crippen LogP contribution in [0.2, 0.25) is 0 Å². The second-order valence-electron chi connectivity index (χ2n) is 11.7. The number of anilines is 1. The van der Waals surface area contributed by atoms with Crippen molar-refractivity contribution < 1.29 is 14.2 Å². The summed E-state index contributed by atoms with van der Waals surface area (Å²) < 4.78 is 22.3. The van der Waals surface area contributed by atoms with Crippen molar-refractivity contribution in [2.75, 3.05) is 25.4 Å². The Kier molecular flexibility index (Phi) is 6.18. The zero-order chi connectivity index (χ0) is 29.2. The van der Waals surface area contributed by atoms with Crippen LogP contribution in [0.5, 0.6) is 0 Å². The Hall–Kier alpha value is -4.38. The second kappa shape index (κ2) is 10.1. The van der Waals surface area contributed by atoms with Crippen molar-refractivity contribution in [3.05, 3.63) is 87.7 Å². The summed E-state index contributed by atoms with van der Waals surface area (Å²) in [7, 11) is 0. The second-order valence-corrected chi connectivity index (χ2v) is 11.7. The molecule has 5 aromatic rings. The van der Waals surface area contributed by atoms with Gasteiger partial charge in [0.05, 0.1) is 30.0 Å². The summed E-state index contributed by atoms with van der Waals surface area (Å²) in [5.74, 6) is -0.0606. The normalized spacial score (nSPS) is 19.1. The Morgan fingerprint density at radius 2 is 2.00 bits per heavy atom. The average Bonchev–Trinajstić information content (AvgIpc) is 3.75. The van der Waals surface area contributed by atoms with Gasteiger partial charge >= 0.3 is 0 Å². The number of hydrogen-bond donors (Lipinski definition) is 3. The summed E-state index contributed by atoms with van der Waals surface area (Å²) in [6.07, 6.45) is 8.10. The molecule has 5 heterocycles. The monoisotopic (exact) mass is 578 g/mol. The lowest BCUT2D eigenvalue weighted by atomic mass is 9.99. The molecule has 1 aliphatic carbocycles. The molecule has 0 amide bonds. The minimum absolute atomic E-state index is 0.0355. The molecule has 10 heteroatoms. The van der Waals surface area contributed by atoms with Gasteiger partial charge in [0.1, 0.15) is 17.7 Å². The molecule has 4 N–H and O–H groups in total. The summed E-state index contributed by atoms with van der Waals surface area (Å²) in [6.45, 7) is 2.18. The molecule has 1 atom stereocenters. The van der Waals surface area contributed by atoms with Crippen LogP contribution in [-0.2, 0) is 11.3 Å². The van der Waals surface area contributed by atoms with E-state index in [9.17, 15) is 9.90 Å². The van der Waals surface area contributed by atoms with Crippen LogP contribution in [0, 0.1) is 5.82 Å². The van der Waals surface area contributed by atoms with E-state index in [0.717, 1.165) is 62.0 Å². The molecular formula is C33H31FN6O3. The number of benzene rings is 2. The van der Waals surface area contributed by atoms with Crippen LogP contribution in [-0.4, -0.2) is 55.4 Å². The van der Waals surface area contributed by atoms with Gasteiger partial charge in [0.25, 0.3) is 5.56 Å². The lowest BCUT2D eigenvalue weighted by Gasteiger charge is -2.38. The van der Waals surface area contributed by atoms with Crippen LogP contribution in [0.1, 0.15) is 48.4 Å². The van der Waals surface area contributed by atoms with E-state index in [1.165, 1.54) is 16.2 Å². The summed E-state index contributed by atoms with van der Waals surface area (Å²) in [5.41, 5.74) is 11.4. The van der Waals surface area contributed by atoms with Crippen molar-refractivity contribution in [3.63, 3.8) is 0 Å². The predicted molar refractivity (Wildman–Crippen MR) is 163 cm³/mol. The Bertz CT molecular complexity index is 2010. The molecule has 43 heavy (non-hydrogen) atoms. The minimum atomic E-state index is -0.522. The maximum atomic E-state index is 15.3. The van der Waals surface area contributed by atoms with E-state index in [1.807, 2.05) is 18.2 Å². The standard InChI is InChI=1S/C33H31FN6O3/c34-25-15-21(18-4-5-18)14-20-8-12-40(32(42)29(20)25)27-3-1-2-22(24(27)17-41)30-23-16-26(36-31(23)38-33(35)37-30)19-6-10-39(11-7-19)28-9-13-43-28/h1-3,6,8,12,14-16,18,28,41H,4-5,7,9-11,13,17H2,(H3,35,36,37,38). The molecule has 2 fully saturated rings. The molecule has 9 nitrogen and oxygen atoms in total. The molecule has 1 saturated heterocycles. The number of nitrogens with one attached hydrogen (secondary N) is 1. The molecule has 3 aromatic heterocycles. The molecule has 1 saturated carbocycles. The highest BCUT2D eigenvalue weighted by molar-refractivity contribution is 5.95. The largest absolute Gasteiger partial charge is 0.392 e. The van der Waals surface area contributed by atoms with Gasteiger partial charge in [-0.3, -0.25) is 14.3 Å². The number of halogens is 1. The molecule has 8 rings (SSSR count). The molecule has 218 valence electrons. The van der Waals surface area contributed by atoms with Gasteiger partial charge in [0.15, 0.2) is 0 Å². The number of nitrogens with zero attached hydrogens (tertiary/aromatic N) is 4. The van der Waals surface area contributed by atoms with Crippen LogP contribution in [0.15, 0.2) is 59.5 Å². The minimum Gasteiger partial charge on any atom is -0.392 e. The molecule has 0 bridgehead atoms. The number of ether oxygens (including phenoxy) is 1. The van der Waals surface area contributed by atoms with Crippen molar-refractivity contribution in [2.45, 2.75) is 44.4 Å². The van der Waals surface area contributed by atoms with Gasteiger partial charge in [-0.1, -0.05) is 24.3 Å². The third-order valence-corrected chi connectivity index (χ3v) is 9.03. The first kappa shape index (κ1) is 26.3. The van der Waals surface area contributed by atoms with E-state index in [1.54, 1.807) is 24.4 Å². The first-order valence-corrected chi connectivity index (χ1v) is 14.8. The number of aliphatic hydroxyl groups excluding tert-OH is 1. The maximum absolute atomic E-state index is 15.3. The summed E-state index contributed by atoms with van der Waals surface area (Å²) in [5, 5.41) is 12.0. The zero-order valence-electron chi connectivity index (χ0n) is 23.5. The van der Waals surface area contributed by atoms with Gasteiger partial charge in [-0.2, -0.15) is 4.98 Å². The van der Waals surface area contributed by atoms with Gasteiger partial charge in [-0.25, -0.2) is 9.37 Å².